The van der Waals surface area contributed by atoms with Crippen molar-refractivity contribution in [3.05, 3.63) is 70.8 Å². The van der Waals surface area contributed by atoms with Gasteiger partial charge in [0.1, 0.15) is 0 Å². The van der Waals surface area contributed by atoms with Crippen LogP contribution in [0.1, 0.15) is 37.9 Å². The second-order valence-corrected chi connectivity index (χ2v) is 6.70. The molecule has 0 saturated heterocycles. The molecule has 1 aliphatic carbocycles. The first-order valence-corrected chi connectivity index (χ1v) is 8.49. The molecule has 5 nitrogen and oxygen atoms in total. The summed E-state index contributed by atoms with van der Waals surface area (Å²) in [5, 5.41) is 10.6. The minimum absolute atomic E-state index is 0.0346. The molecular weight excluding hydrogens is 316 g/mol. The Morgan fingerprint density at radius 1 is 1.04 bits per heavy atom. The summed E-state index contributed by atoms with van der Waals surface area (Å²) < 4.78 is 0. The van der Waals surface area contributed by atoms with E-state index in [2.05, 4.69) is 0 Å². The molecule has 2 unspecified atom stereocenters. The molecule has 0 aromatic heterocycles. The number of benzene rings is 2. The fourth-order valence-corrected chi connectivity index (χ4v) is 3.82. The largest absolute Gasteiger partial charge is 0.387 e. The fourth-order valence-electron chi connectivity index (χ4n) is 3.82. The van der Waals surface area contributed by atoms with Gasteiger partial charge in [-0.2, -0.15) is 0 Å². The van der Waals surface area contributed by atoms with Crippen LogP contribution in [0.25, 0.3) is 0 Å². The van der Waals surface area contributed by atoms with Crippen LogP contribution in [0.5, 0.6) is 0 Å². The van der Waals surface area contributed by atoms with Crippen LogP contribution < -0.4 is 0 Å². The standard InChI is InChI=1S/C20H20N2O3/c1-21(17-12-13-6-2-3-7-14(13)18(17)23)10-11-22-19(24)15-8-4-5-9-16(15)20(22)25/h2-9,17-18,23H,10-12H2,1H3. The minimum atomic E-state index is -0.539. The number of nitrogens with zero attached hydrogens (tertiary/aromatic N) is 2. The molecule has 0 spiro atoms. The van der Waals surface area contributed by atoms with Crippen LogP contribution in [0.4, 0.5) is 0 Å². The molecule has 0 saturated carbocycles. The van der Waals surface area contributed by atoms with Crippen molar-refractivity contribution < 1.29 is 14.7 Å². The predicted octanol–water partition coefficient (Wildman–Crippen LogP) is 1.87. The molecule has 1 N–H and O–H groups in total. The van der Waals surface area contributed by atoms with Gasteiger partial charge in [-0.3, -0.25) is 19.4 Å². The Balaban J connectivity index is 1.43. The van der Waals surface area contributed by atoms with E-state index < -0.39 is 6.10 Å². The summed E-state index contributed by atoms with van der Waals surface area (Å²) in [4.78, 5) is 28.2. The first-order valence-electron chi connectivity index (χ1n) is 8.49. The molecule has 2 aromatic rings. The average Bonchev–Trinajstić information content (AvgIpc) is 3.09. The van der Waals surface area contributed by atoms with Crippen molar-refractivity contribution in [1.29, 1.82) is 0 Å². The highest BCUT2D eigenvalue weighted by atomic mass is 16.3. The van der Waals surface area contributed by atoms with E-state index in [0.29, 0.717) is 24.2 Å². The third-order valence-corrected chi connectivity index (χ3v) is 5.29. The van der Waals surface area contributed by atoms with Crippen molar-refractivity contribution in [2.24, 2.45) is 0 Å². The number of carbonyl (C=O) groups is 2. The Labute approximate surface area is 146 Å². The lowest BCUT2D eigenvalue weighted by Gasteiger charge is -2.28. The van der Waals surface area contributed by atoms with Crippen molar-refractivity contribution in [3.63, 3.8) is 0 Å². The van der Waals surface area contributed by atoms with Gasteiger partial charge in [-0.1, -0.05) is 36.4 Å². The summed E-state index contributed by atoms with van der Waals surface area (Å²) in [5.41, 5.74) is 3.08. The van der Waals surface area contributed by atoms with E-state index in [1.165, 1.54) is 4.90 Å². The number of amides is 2. The zero-order chi connectivity index (χ0) is 17.6. The predicted molar refractivity (Wildman–Crippen MR) is 93.3 cm³/mol. The number of aliphatic hydroxyl groups is 1. The van der Waals surface area contributed by atoms with Crippen molar-refractivity contribution >= 4 is 11.8 Å². The molecule has 2 aromatic carbocycles. The van der Waals surface area contributed by atoms with Crippen molar-refractivity contribution in [1.82, 2.24) is 9.80 Å². The van der Waals surface area contributed by atoms with E-state index in [0.717, 1.165) is 17.5 Å². The highest BCUT2D eigenvalue weighted by Crippen LogP contribution is 2.33. The molecule has 128 valence electrons. The van der Waals surface area contributed by atoms with Crippen molar-refractivity contribution in [2.45, 2.75) is 18.6 Å². The van der Waals surface area contributed by atoms with E-state index in [1.807, 2.05) is 36.2 Å². The van der Waals surface area contributed by atoms with E-state index in [9.17, 15) is 14.7 Å². The number of aliphatic hydroxyl groups excluding tert-OH is 1. The van der Waals surface area contributed by atoms with Crippen molar-refractivity contribution in [3.8, 4) is 0 Å². The number of carbonyl (C=O) groups excluding carboxylic acids is 2. The third-order valence-electron chi connectivity index (χ3n) is 5.29. The molecule has 25 heavy (non-hydrogen) atoms. The van der Waals surface area contributed by atoms with Crippen LogP contribution >= 0.6 is 0 Å². The maximum Gasteiger partial charge on any atom is 0.261 e. The Kier molecular flexibility index (Phi) is 3.90. The van der Waals surface area contributed by atoms with Crippen LogP contribution in [0.3, 0.4) is 0 Å². The normalized spacial score (nSPS) is 21.8. The van der Waals surface area contributed by atoms with Gasteiger partial charge >= 0.3 is 0 Å². The second-order valence-electron chi connectivity index (χ2n) is 6.70. The first-order chi connectivity index (χ1) is 12.1. The van der Waals surface area contributed by atoms with E-state index in [4.69, 9.17) is 0 Å². The van der Waals surface area contributed by atoms with E-state index >= 15 is 0 Å². The smallest absolute Gasteiger partial charge is 0.261 e. The third kappa shape index (κ3) is 2.56. The maximum absolute atomic E-state index is 12.4. The number of hydrogen-bond acceptors (Lipinski definition) is 4. The first kappa shape index (κ1) is 16.0. The van der Waals surface area contributed by atoms with Crippen LogP contribution in [-0.2, 0) is 6.42 Å². The summed E-state index contributed by atoms with van der Waals surface area (Å²) in [6, 6.07) is 14.8. The number of imide groups is 1. The lowest BCUT2D eigenvalue weighted by molar-refractivity contribution is 0.0556. The van der Waals surface area contributed by atoms with Crippen LogP contribution in [0.15, 0.2) is 48.5 Å². The van der Waals surface area contributed by atoms with Gasteiger partial charge in [-0.25, -0.2) is 0 Å². The maximum atomic E-state index is 12.4. The Hall–Kier alpha value is -2.50. The monoisotopic (exact) mass is 336 g/mol. The molecule has 2 amide bonds. The Morgan fingerprint density at radius 2 is 1.64 bits per heavy atom. The Morgan fingerprint density at radius 3 is 2.28 bits per heavy atom. The molecule has 1 aliphatic heterocycles. The van der Waals surface area contributed by atoms with E-state index in [-0.39, 0.29) is 17.9 Å². The Bertz CT molecular complexity index is 813. The van der Waals surface area contributed by atoms with Gasteiger partial charge in [0.05, 0.1) is 17.2 Å². The topological polar surface area (TPSA) is 60.9 Å². The zero-order valence-corrected chi connectivity index (χ0v) is 14.1. The van der Waals surface area contributed by atoms with Gasteiger partial charge < -0.3 is 5.11 Å². The molecule has 5 heteroatoms. The molecule has 0 bridgehead atoms. The lowest BCUT2D eigenvalue weighted by atomic mass is 10.1. The summed E-state index contributed by atoms with van der Waals surface area (Å²) >= 11 is 0. The molecule has 0 fully saturated rings. The number of fused-ring (bicyclic) bond motifs is 2. The van der Waals surface area contributed by atoms with Crippen LogP contribution in [0, 0.1) is 0 Å². The number of likely N-dealkylation sites (N-methyl/N-ethyl adjacent to an activating group) is 1. The zero-order valence-electron chi connectivity index (χ0n) is 14.1. The van der Waals surface area contributed by atoms with Crippen LogP contribution in [-0.4, -0.2) is 52.9 Å². The van der Waals surface area contributed by atoms with Gasteiger partial charge in [0, 0.05) is 19.1 Å². The fraction of sp³-hybridized carbons (Fsp3) is 0.300. The average molecular weight is 336 g/mol. The summed E-state index contributed by atoms with van der Waals surface area (Å²) in [7, 11) is 1.93. The van der Waals surface area contributed by atoms with Gasteiger partial charge in [0.2, 0.25) is 0 Å². The highest BCUT2D eigenvalue weighted by Gasteiger charge is 2.37. The summed E-state index contributed by atoms with van der Waals surface area (Å²) in [5.74, 6) is -0.464. The minimum Gasteiger partial charge on any atom is -0.387 e. The number of rotatable bonds is 4. The quantitative estimate of drug-likeness (QED) is 0.866. The van der Waals surface area contributed by atoms with Crippen LogP contribution in [0.2, 0.25) is 0 Å². The lowest BCUT2D eigenvalue weighted by Crippen LogP contribution is -2.42. The van der Waals surface area contributed by atoms with Gasteiger partial charge in [-0.15, -0.1) is 0 Å². The summed E-state index contributed by atoms with van der Waals surface area (Å²) in [6.07, 6.45) is 0.235. The van der Waals surface area contributed by atoms with Crippen molar-refractivity contribution in [2.75, 3.05) is 20.1 Å². The SMILES string of the molecule is CN(CCN1C(=O)c2ccccc2C1=O)C1Cc2ccccc2C1O. The molecular formula is C20H20N2O3. The number of hydrogen-bond donors (Lipinski definition) is 1. The van der Waals surface area contributed by atoms with Gasteiger partial charge in [0.15, 0.2) is 0 Å². The van der Waals surface area contributed by atoms with Gasteiger partial charge in [0.25, 0.3) is 11.8 Å². The molecule has 4 rings (SSSR count). The van der Waals surface area contributed by atoms with E-state index in [1.54, 1.807) is 24.3 Å². The van der Waals surface area contributed by atoms with Gasteiger partial charge in [-0.05, 0) is 36.7 Å². The highest BCUT2D eigenvalue weighted by molar-refractivity contribution is 6.21. The molecule has 2 aliphatic rings. The second kappa shape index (κ2) is 6.10. The molecule has 1 heterocycles. The summed E-state index contributed by atoms with van der Waals surface area (Å²) in [6.45, 7) is 0.851. The molecule has 0 radical (unpaired) electrons. The molecule has 2 atom stereocenters.